The molecule has 2 N–H and O–H groups in total. The average molecular weight is 396 g/mol. The zero-order valence-corrected chi connectivity index (χ0v) is 15.6. The van der Waals surface area contributed by atoms with Crippen LogP contribution in [0.4, 0.5) is 5.69 Å². The molecule has 0 aliphatic rings. The highest BCUT2D eigenvalue weighted by Crippen LogP contribution is 2.34. The highest BCUT2D eigenvalue weighted by molar-refractivity contribution is 7.90. The van der Waals surface area contributed by atoms with Gasteiger partial charge < -0.3 is 5.73 Å². The third-order valence-electron chi connectivity index (χ3n) is 3.72. The van der Waals surface area contributed by atoms with Crippen molar-refractivity contribution >= 4 is 38.9 Å². The lowest BCUT2D eigenvalue weighted by Gasteiger charge is -2.10. The maximum atomic E-state index is 13.1. The minimum absolute atomic E-state index is 0.0822. The summed E-state index contributed by atoms with van der Waals surface area (Å²) in [6, 6.07) is 12.7. The van der Waals surface area contributed by atoms with Crippen LogP contribution >= 0.6 is 23.2 Å². The van der Waals surface area contributed by atoms with Gasteiger partial charge in [0.15, 0.2) is 0 Å². The first kappa shape index (κ1) is 17.8. The van der Waals surface area contributed by atoms with Crippen LogP contribution in [0.5, 0.6) is 0 Å². The molecule has 8 heteroatoms. The molecule has 1 heterocycles. The van der Waals surface area contributed by atoms with Gasteiger partial charge in [0.1, 0.15) is 5.69 Å². The second-order valence-electron chi connectivity index (χ2n) is 5.39. The van der Waals surface area contributed by atoms with E-state index in [-0.39, 0.29) is 4.90 Å². The fraction of sp³-hybridized carbons (Fsp3) is 0.118. The molecule has 5 nitrogen and oxygen atoms in total. The predicted molar refractivity (Wildman–Crippen MR) is 100 cm³/mol. The standard InChI is InChI=1S/C17H15Cl2N3O2S/c1-2-15-16(19)17(11-3-5-12(18)6-4-11)22(21-15)25(23,24)14-9-7-13(20)8-10-14/h3-10H,2,20H2,1H3. The Bertz CT molecular complexity index is 1010. The van der Waals surface area contributed by atoms with Crippen LogP contribution in [0.3, 0.4) is 0 Å². The van der Waals surface area contributed by atoms with E-state index in [4.69, 9.17) is 28.9 Å². The summed E-state index contributed by atoms with van der Waals surface area (Å²) in [5.74, 6) is 0. The van der Waals surface area contributed by atoms with Gasteiger partial charge in [-0.1, -0.05) is 42.3 Å². The molecule has 0 saturated carbocycles. The maximum absolute atomic E-state index is 13.1. The molecule has 3 aromatic rings. The van der Waals surface area contributed by atoms with E-state index in [1.165, 1.54) is 24.3 Å². The van der Waals surface area contributed by atoms with Gasteiger partial charge >= 0.3 is 0 Å². The van der Waals surface area contributed by atoms with Gasteiger partial charge in [0, 0.05) is 16.3 Å². The normalized spacial score (nSPS) is 11.6. The number of rotatable bonds is 4. The molecular formula is C17H15Cl2N3O2S. The molecule has 130 valence electrons. The SMILES string of the molecule is CCc1nn(S(=O)(=O)c2ccc(N)cc2)c(-c2ccc(Cl)cc2)c1Cl. The summed E-state index contributed by atoms with van der Waals surface area (Å²) < 4.78 is 27.1. The lowest BCUT2D eigenvalue weighted by atomic mass is 10.1. The Hall–Kier alpha value is -2.02. The third kappa shape index (κ3) is 3.25. The molecule has 0 fully saturated rings. The summed E-state index contributed by atoms with van der Waals surface area (Å²) in [7, 11) is -3.92. The third-order valence-corrected chi connectivity index (χ3v) is 5.96. The smallest absolute Gasteiger partial charge is 0.283 e. The molecule has 25 heavy (non-hydrogen) atoms. The van der Waals surface area contributed by atoms with Gasteiger partial charge in [0.05, 0.1) is 15.6 Å². The van der Waals surface area contributed by atoms with E-state index < -0.39 is 10.0 Å². The summed E-state index contributed by atoms with van der Waals surface area (Å²) >= 11 is 12.3. The molecule has 0 bridgehead atoms. The Kier molecular flexibility index (Phi) is 4.77. The van der Waals surface area contributed by atoms with Gasteiger partial charge in [-0.05, 0) is 42.8 Å². The first-order valence-electron chi connectivity index (χ1n) is 7.49. The average Bonchev–Trinajstić information content (AvgIpc) is 2.93. The van der Waals surface area contributed by atoms with Crippen molar-refractivity contribution < 1.29 is 8.42 Å². The lowest BCUT2D eigenvalue weighted by Crippen LogP contribution is -2.16. The van der Waals surface area contributed by atoms with Crippen molar-refractivity contribution in [3.63, 3.8) is 0 Å². The fourth-order valence-electron chi connectivity index (χ4n) is 2.41. The molecule has 3 rings (SSSR count). The number of aryl methyl sites for hydroxylation is 1. The number of anilines is 1. The molecule has 0 unspecified atom stereocenters. The number of nitrogens with two attached hydrogens (primary N) is 1. The van der Waals surface area contributed by atoms with Crippen LogP contribution in [0.2, 0.25) is 10.0 Å². The van der Waals surface area contributed by atoms with Crippen LogP contribution in [0, 0.1) is 0 Å². The van der Waals surface area contributed by atoms with Gasteiger partial charge in [0.25, 0.3) is 10.0 Å². The van der Waals surface area contributed by atoms with Gasteiger partial charge in [-0.3, -0.25) is 0 Å². The zero-order chi connectivity index (χ0) is 18.2. The summed E-state index contributed by atoms with van der Waals surface area (Å²) in [6.45, 7) is 1.86. The highest BCUT2D eigenvalue weighted by Gasteiger charge is 2.26. The number of nitrogens with zero attached hydrogens (tertiary/aromatic N) is 2. The largest absolute Gasteiger partial charge is 0.399 e. The molecule has 2 aromatic carbocycles. The monoisotopic (exact) mass is 395 g/mol. The second kappa shape index (κ2) is 6.71. The van der Waals surface area contributed by atoms with Crippen molar-refractivity contribution in [3.8, 4) is 11.3 Å². The Labute approximate surface area is 156 Å². The predicted octanol–water partition coefficient (Wildman–Crippen LogP) is 4.24. The molecule has 0 amide bonds. The van der Waals surface area contributed by atoms with E-state index in [1.54, 1.807) is 24.3 Å². The van der Waals surface area contributed by atoms with E-state index >= 15 is 0 Å². The van der Waals surface area contributed by atoms with Crippen LogP contribution in [0.25, 0.3) is 11.3 Å². The minimum Gasteiger partial charge on any atom is -0.399 e. The lowest BCUT2D eigenvalue weighted by molar-refractivity contribution is 0.580. The molecule has 0 radical (unpaired) electrons. The van der Waals surface area contributed by atoms with Crippen molar-refractivity contribution in [2.45, 2.75) is 18.2 Å². The summed E-state index contributed by atoms with van der Waals surface area (Å²) in [5.41, 5.74) is 7.55. The number of aromatic nitrogens is 2. The number of benzene rings is 2. The number of hydrogen-bond donors (Lipinski definition) is 1. The zero-order valence-electron chi connectivity index (χ0n) is 13.3. The van der Waals surface area contributed by atoms with Crippen LogP contribution in [-0.4, -0.2) is 17.6 Å². The van der Waals surface area contributed by atoms with Crippen molar-refractivity contribution in [1.29, 1.82) is 0 Å². The Morgan fingerprint density at radius 1 is 1.04 bits per heavy atom. The summed E-state index contributed by atoms with van der Waals surface area (Å²) in [6.07, 6.45) is 0.504. The summed E-state index contributed by atoms with van der Waals surface area (Å²) in [4.78, 5) is 0.0822. The van der Waals surface area contributed by atoms with Crippen molar-refractivity contribution in [1.82, 2.24) is 9.19 Å². The second-order valence-corrected chi connectivity index (χ2v) is 7.97. The Balaban J connectivity index is 2.25. The highest BCUT2D eigenvalue weighted by atomic mass is 35.5. The molecule has 0 aliphatic heterocycles. The van der Waals surface area contributed by atoms with Crippen LogP contribution in [0.1, 0.15) is 12.6 Å². The molecule has 0 aliphatic carbocycles. The molecule has 0 saturated heterocycles. The molecule has 0 spiro atoms. The minimum atomic E-state index is -3.92. The van der Waals surface area contributed by atoms with Crippen molar-refractivity contribution in [2.75, 3.05) is 5.73 Å². The van der Waals surface area contributed by atoms with Gasteiger partial charge in [-0.2, -0.15) is 17.6 Å². The topological polar surface area (TPSA) is 78.0 Å². The van der Waals surface area contributed by atoms with E-state index in [0.29, 0.717) is 39.1 Å². The van der Waals surface area contributed by atoms with E-state index in [1.807, 2.05) is 6.92 Å². The van der Waals surface area contributed by atoms with Crippen LogP contribution < -0.4 is 5.73 Å². The summed E-state index contributed by atoms with van der Waals surface area (Å²) in [5, 5.41) is 5.08. The first-order valence-corrected chi connectivity index (χ1v) is 9.68. The van der Waals surface area contributed by atoms with Crippen molar-refractivity contribution in [2.24, 2.45) is 0 Å². The Morgan fingerprint density at radius 2 is 1.64 bits per heavy atom. The molecule has 1 aromatic heterocycles. The number of hydrogen-bond acceptors (Lipinski definition) is 4. The maximum Gasteiger partial charge on any atom is 0.283 e. The van der Waals surface area contributed by atoms with Gasteiger partial charge in [-0.15, -0.1) is 0 Å². The van der Waals surface area contributed by atoms with Crippen LogP contribution in [0.15, 0.2) is 53.4 Å². The number of halogens is 2. The van der Waals surface area contributed by atoms with Crippen molar-refractivity contribution in [3.05, 3.63) is 64.3 Å². The van der Waals surface area contributed by atoms with Gasteiger partial charge in [0.2, 0.25) is 0 Å². The number of nitrogen functional groups attached to an aromatic ring is 1. The van der Waals surface area contributed by atoms with E-state index in [9.17, 15) is 8.42 Å². The fourth-order valence-corrected chi connectivity index (χ4v) is 4.27. The van der Waals surface area contributed by atoms with E-state index in [2.05, 4.69) is 5.10 Å². The quantitative estimate of drug-likeness (QED) is 0.670. The Morgan fingerprint density at radius 3 is 2.20 bits per heavy atom. The van der Waals surface area contributed by atoms with Crippen LogP contribution in [-0.2, 0) is 16.4 Å². The molecular weight excluding hydrogens is 381 g/mol. The van der Waals surface area contributed by atoms with E-state index in [0.717, 1.165) is 4.09 Å². The molecule has 0 atom stereocenters. The first-order chi connectivity index (χ1) is 11.8. The van der Waals surface area contributed by atoms with Gasteiger partial charge in [-0.25, -0.2) is 0 Å².